The van der Waals surface area contributed by atoms with Crippen molar-refractivity contribution in [1.29, 1.82) is 0 Å². The number of hydrogen-bond acceptors (Lipinski definition) is 5. The molecule has 0 amide bonds. The van der Waals surface area contributed by atoms with E-state index in [1.54, 1.807) is 46.0 Å². The molecule has 9 heteroatoms. The molecule has 0 aliphatic heterocycles. The molecule has 1 heterocycles. The molecule has 1 unspecified atom stereocenters. The van der Waals surface area contributed by atoms with Crippen molar-refractivity contribution < 1.29 is 19.1 Å². The second-order valence-electron chi connectivity index (χ2n) is 9.24. The highest BCUT2D eigenvalue weighted by molar-refractivity contribution is 6.42. The highest BCUT2D eigenvalue weighted by Crippen LogP contribution is 2.47. The van der Waals surface area contributed by atoms with Crippen LogP contribution in [0.2, 0.25) is 15.1 Å². The second kappa shape index (κ2) is 10.3. The maximum Gasteiger partial charge on any atom is 0.340 e. The van der Waals surface area contributed by atoms with Gasteiger partial charge < -0.3 is 14.5 Å². The van der Waals surface area contributed by atoms with E-state index in [0.29, 0.717) is 50.3 Å². The van der Waals surface area contributed by atoms with Gasteiger partial charge in [0.15, 0.2) is 0 Å². The summed E-state index contributed by atoms with van der Waals surface area (Å²) in [5.41, 5.74) is 0.546. The minimum absolute atomic E-state index is 0.193. The SMILES string of the molecule is C=CC(NC1(c2[nH]cc(-c3c(Cl)cc(Cl)cc3Cl)c2C(=O)OCC)CCC1)C(=O)OC(C)(C)C. The first kappa shape index (κ1) is 26.6. The molecule has 1 aliphatic carbocycles. The fourth-order valence-electron chi connectivity index (χ4n) is 4.09. The summed E-state index contributed by atoms with van der Waals surface area (Å²) in [5, 5.41) is 4.38. The highest BCUT2D eigenvalue weighted by Gasteiger charge is 2.46. The van der Waals surface area contributed by atoms with Crippen LogP contribution in [0.5, 0.6) is 0 Å². The third kappa shape index (κ3) is 5.46. The summed E-state index contributed by atoms with van der Waals surface area (Å²) in [6.07, 6.45) is 5.48. The first-order chi connectivity index (χ1) is 15.9. The third-order valence-corrected chi connectivity index (χ3v) is 6.46. The summed E-state index contributed by atoms with van der Waals surface area (Å²) in [6.45, 7) is 11.2. The molecule has 0 spiro atoms. The number of carbonyl (C=O) groups is 2. The van der Waals surface area contributed by atoms with E-state index < -0.39 is 29.1 Å². The van der Waals surface area contributed by atoms with Gasteiger partial charge in [0.1, 0.15) is 11.6 Å². The topological polar surface area (TPSA) is 80.4 Å². The smallest absolute Gasteiger partial charge is 0.340 e. The van der Waals surface area contributed by atoms with E-state index in [1.807, 2.05) is 0 Å². The lowest BCUT2D eigenvalue weighted by Crippen LogP contribution is -2.55. The van der Waals surface area contributed by atoms with E-state index in [9.17, 15) is 9.59 Å². The molecular formula is C25H29Cl3N2O4. The molecule has 1 aliphatic rings. The van der Waals surface area contributed by atoms with Crippen molar-refractivity contribution in [1.82, 2.24) is 10.3 Å². The lowest BCUT2D eigenvalue weighted by Gasteiger charge is -2.44. The van der Waals surface area contributed by atoms with Crippen LogP contribution in [0.25, 0.3) is 11.1 Å². The average molecular weight is 528 g/mol. The van der Waals surface area contributed by atoms with Gasteiger partial charge in [-0.05, 0) is 59.1 Å². The fourth-order valence-corrected chi connectivity index (χ4v) is 5.11. The molecule has 0 saturated heterocycles. The maximum absolute atomic E-state index is 13.2. The molecule has 6 nitrogen and oxygen atoms in total. The van der Waals surface area contributed by atoms with Crippen LogP contribution in [0.1, 0.15) is 63.0 Å². The lowest BCUT2D eigenvalue weighted by atomic mass is 9.72. The molecule has 1 aromatic heterocycles. The number of aromatic nitrogens is 1. The van der Waals surface area contributed by atoms with Crippen LogP contribution in [0.4, 0.5) is 0 Å². The number of ether oxygens (including phenoxy) is 2. The molecule has 1 saturated carbocycles. The van der Waals surface area contributed by atoms with Crippen LogP contribution < -0.4 is 5.32 Å². The highest BCUT2D eigenvalue weighted by atomic mass is 35.5. The van der Waals surface area contributed by atoms with Gasteiger partial charge in [-0.3, -0.25) is 5.32 Å². The van der Waals surface area contributed by atoms with Crippen molar-refractivity contribution in [2.75, 3.05) is 6.61 Å². The molecule has 0 radical (unpaired) electrons. The van der Waals surface area contributed by atoms with Gasteiger partial charge in [-0.1, -0.05) is 40.9 Å². The first-order valence-corrected chi connectivity index (χ1v) is 12.2. The number of esters is 2. The van der Waals surface area contributed by atoms with Crippen molar-refractivity contribution in [3.63, 3.8) is 0 Å². The Morgan fingerprint density at radius 3 is 2.32 bits per heavy atom. The third-order valence-electron chi connectivity index (χ3n) is 5.65. The minimum atomic E-state index is -0.774. The van der Waals surface area contributed by atoms with Crippen molar-refractivity contribution in [2.45, 2.75) is 64.1 Å². The minimum Gasteiger partial charge on any atom is -0.462 e. The number of hydrogen-bond donors (Lipinski definition) is 2. The van der Waals surface area contributed by atoms with E-state index in [1.165, 1.54) is 6.08 Å². The largest absolute Gasteiger partial charge is 0.462 e. The Morgan fingerprint density at radius 1 is 1.24 bits per heavy atom. The summed E-state index contributed by atoms with van der Waals surface area (Å²) in [4.78, 5) is 29.2. The van der Waals surface area contributed by atoms with Crippen LogP contribution in [0.15, 0.2) is 31.0 Å². The van der Waals surface area contributed by atoms with Crippen molar-refractivity contribution in [3.05, 3.63) is 57.3 Å². The van der Waals surface area contributed by atoms with Gasteiger partial charge in [0, 0.05) is 22.3 Å². The van der Waals surface area contributed by atoms with Gasteiger partial charge in [-0.25, -0.2) is 9.59 Å². The van der Waals surface area contributed by atoms with Crippen LogP contribution in [-0.2, 0) is 19.8 Å². The Labute approximate surface area is 214 Å². The zero-order valence-electron chi connectivity index (χ0n) is 19.7. The summed E-state index contributed by atoms with van der Waals surface area (Å²) in [5.74, 6) is -0.960. The summed E-state index contributed by atoms with van der Waals surface area (Å²) < 4.78 is 10.9. The number of benzene rings is 1. The van der Waals surface area contributed by atoms with Crippen LogP contribution in [0, 0.1) is 0 Å². The Kier molecular flexibility index (Phi) is 8.08. The molecule has 2 N–H and O–H groups in total. The van der Waals surface area contributed by atoms with Crippen LogP contribution in [-0.4, -0.2) is 35.2 Å². The summed E-state index contributed by atoms with van der Waals surface area (Å²) >= 11 is 19.0. The molecule has 3 rings (SSSR count). The van der Waals surface area contributed by atoms with Crippen molar-refractivity contribution in [2.24, 2.45) is 0 Å². The first-order valence-electron chi connectivity index (χ1n) is 11.1. The normalized spacial score (nSPS) is 15.9. The maximum atomic E-state index is 13.2. The predicted molar refractivity (Wildman–Crippen MR) is 136 cm³/mol. The van der Waals surface area contributed by atoms with Crippen LogP contribution >= 0.6 is 34.8 Å². The molecule has 0 bridgehead atoms. The van der Waals surface area contributed by atoms with Gasteiger partial charge in [0.05, 0.1) is 33.4 Å². The molecule has 1 fully saturated rings. The Bertz CT molecular complexity index is 1080. The number of carbonyl (C=O) groups excluding carboxylic acids is 2. The summed E-state index contributed by atoms with van der Waals surface area (Å²) in [6, 6.07) is 2.36. The molecule has 1 atom stereocenters. The molecule has 34 heavy (non-hydrogen) atoms. The van der Waals surface area contributed by atoms with E-state index in [2.05, 4.69) is 16.9 Å². The Morgan fingerprint density at radius 2 is 1.85 bits per heavy atom. The van der Waals surface area contributed by atoms with Crippen molar-refractivity contribution in [3.8, 4) is 11.1 Å². The monoisotopic (exact) mass is 526 g/mol. The average Bonchev–Trinajstić information content (AvgIpc) is 3.10. The van der Waals surface area contributed by atoms with Gasteiger partial charge in [-0.15, -0.1) is 6.58 Å². The number of rotatable bonds is 8. The van der Waals surface area contributed by atoms with Crippen LogP contribution in [0.3, 0.4) is 0 Å². The van der Waals surface area contributed by atoms with Gasteiger partial charge >= 0.3 is 11.9 Å². The predicted octanol–water partition coefficient (Wildman–Crippen LogP) is 6.68. The van der Waals surface area contributed by atoms with E-state index in [4.69, 9.17) is 44.3 Å². The summed E-state index contributed by atoms with van der Waals surface area (Å²) in [7, 11) is 0. The quantitative estimate of drug-likeness (QED) is 0.295. The number of halogens is 3. The van der Waals surface area contributed by atoms with Gasteiger partial charge in [-0.2, -0.15) is 0 Å². The molecule has 2 aromatic rings. The molecular weight excluding hydrogens is 499 g/mol. The van der Waals surface area contributed by atoms with Gasteiger partial charge in [0.2, 0.25) is 0 Å². The Balaban J connectivity index is 2.10. The fraction of sp³-hybridized carbons (Fsp3) is 0.440. The zero-order chi connectivity index (χ0) is 25.3. The standard InChI is InChI=1S/C25H29Cl3N2O4/c1-6-18(22(31)34-24(3,4)5)30-25(9-8-10-25)21-20(23(32)33-7-2)15(13-29-21)19-16(27)11-14(26)12-17(19)28/h6,11-13,18,29-30H,1,7-10H2,2-5H3. The van der Waals surface area contributed by atoms with E-state index >= 15 is 0 Å². The second-order valence-corrected chi connectivity index (χ2v) is 10.5. The molecule has 184 valence electrons. The van der Waals surface area contributed by atoms with E-state index in [-0.39, 0.29) is 6.61 Å². The van der Waals surface area contributed by atoms with E-state index in [0.717, 1.165) is 6.42 Å². The number of nitrogens with one attached hydrogen (secondary N) is 2. The van der Waals surface area contributed by atoms with Crippen molar-refractivity contribution >= 4 is 46.7 Å². The van der Waals surface area contributed by atoms with Gasteiger partial charge in [0.25, 0.3) is 0 Å². The number of aromatic amines is 1. The Hall–Kier alpha value is -1.99. The lowest BCUT2D eigenvalue weighted by molar-refractivity contribution is -0.157. The number of H-pyrrole nitrogens is 1. The zero-order valence-corrected chi connectivity index (χ0v) is 22.0. The molecule has 1 aromatic carbocycles.